The average Bonchev–Trinajstić information content (AvgIpc) is 2.86. The van der Waals surface area contributed by atoms with Gasteiger partial charge in [-0.3, -0.25) is 14.8 Å². The first-order valence-corrected chi connectivity index (χ1v) is 10.3. The molecule has 4 aromatic rings. The molecular formula is C24H22BBrN2O4. The molecule has 0 aliphatic heterocycles. The van der Waals surface area contributed by atoms with Crippen LogP contribution in [-0.2, 0) is 0 Å². The third kappa shape index (κ3) is 8.81. The summed E-state index contributed by atoms with van der Waals surface area (Å²) in [7, 11) is 0.275. The topological polar surface area (TPSA) is 92.5 Å². The number of hydrogen-bond acceptors (Lipinski definition) is 6. The number of hydrogen-bond donors (Lipinski definition) is 2. The molecule has 0 aliphatic carbocycles. The van der Waals surface area contributed by atoms with E-state index in [1.54, 1.807) is 31.6 Å². The highest BCUT2D eigenvalue weighted by Crippen LogP contribution is 2.18. The Hall–Kier alpha value is -3.33. The molecule has 0 bridgehead atoms. The fourth-order valence-corrected chi connectivity index (χ4v) is 2.67. The summed E-state index contributed by atoms with van der Waals surface area (Å²) >= 11 is 3.32. The second-order valence-electron chi connectivity index (χ2n) is 6.29. The molecular weight excluding hydrogens is 471 g/mol. The van der Waals surface area contributed by atoms with E-state index in [9.17, 15) is 4.79 Å². The summed E-state index contributed by atoms with van der Waals surface area (Å²) in [6.07, 6.45) is 7.37. The van der Waals surface area contributed by atoms with Gasteiger partial charge in [0.25, 0.3) is 0 Å². The first-order chi connectivity index (χ1) is 15.5. The van der Waals surface area contributed by atoms with Gasteiger partial charge in [0.15, 0.2) is 0 Å². The third-order valence-corrected chi connectivity index (χ3v) is 4.64. The molecule has 0 fully saturated rings. The molecule has 0 unspecified atom stereocenters. The van der Waals surface area contributed by atoms with Crippen molar-refractivity contribution in [1.29, 1.82) is 0 Å². The van der Waals surface area contributed by atoms with Gasteiger partial charge in [-0.15, -0.1) is 0 Å². The summed E-state index contributed by atoms with van der Waals surface area (Å²) in [5.74, 6) is 0.887. The molecule has 162 valence electrons. The van der Waals surface area contributed by atoms with Gasteiger partial charge in [0.05, 0.1) is 7.11 Å². The van der Waals surface area contributed by atoms with Crippen molar-refractivity contribution in [3.63, 3.8) is 0 Å². The minimum absolute atomic E-state index is 0.463. The van der Waals surface area contributed by atoms with E-state index in [2.05, 4.69) is 25.9 Å². The van der Waals surface area contributed by atoms with Crippen LogP contribution in [0, 0.1) is 0 Å². The number of aromatic nitrogens is 2. The Labute approximate surface area is 195 Å². The van der Waals surface area contributed by atoms with Crippen LogP contribution >= 0.6 is 15.9 Å². The summed E-state index contributed by atoms with van der Waals surface area (Å²) in [6, 6.07) is 22.1. The normalized spacial score (nSPS) is 9.38. The maximum absolute atomic E-state index is 10.4. The molecule has 0 saturated carbocycles. The maximum Gasteiger partial charge on any atom is 0.488 e. The summed E-state index contributed by atoms with van der Waals surface area (Å²) < 4.78 is 6.02. The van der Waals surface area contributed by atoms with E-state index >= 15 is 0 Å². The summed E-state index contributed by atoms with van der Waals surface area (Å²) in [6.45, 7) is 0. The van der Waals surface area contributed by atoms with Gasteiger partial charge in [-0.05, 0) is 65.1 Å². The molecule has 32 heavy (non-hydrogen) atoms. The van der Waals surface area contributed by atoms with Crippen molar-refractivity contribution in [3.8, 4) is 16.9 Å². The van der Waals surface area contributed by atoms with E-state index in [0.29, 0.717) is 11.0 Å². The van der Waals surface area contributed by atoms with E-state index in [1.165, 1.54) is 12.4 Å². The molecule has 2 aromatic carbocycles. The molecule has 2 heterocycles. The smallest absolute Gasteiger partial charge is 0.488 e. The maximum atomic E-state index is 10.4. The SMILES string of the molecule is COc1ccc(Br)cc1.O=Cc1ccc(-c2ccncc2)cc1.OB(O)c1ccncc1. The van der Waals surface area contributed by atoms with E-state index in [1.807, 2.05) is 60.7 Å². The Kier molecular flexibility index (Phi) is 10.8. The molecule has 0 atom stereocenters. The second kappa shape index (κ2) is 13.9. The number of benzene rings is 2. The standard InChI is InChI=1S/C12H9NO.C7H7BrO.C5H6BNO2/c14-9-10-1-3-11(4-2-10)12-5-7-13-8-6-12;1-9-7-4-2-6(8)3-5-7;8-6(9)5-1-3-7-4-2-5/h1-9H;2-5H,1H3;1-4,8-9H. The number of rotatable bonds is 4. The molecule has 0 spiro atoms. The van der Waals surface area contributed by atoms with Crippen LogP contribution in [0.4, 0.5) is 0 Å². The van der Waals surface area contributed by atoms with Crippen molar-refractivity contribution in [2.45, 2.75) is 0 Å². The first kappa shape index (κ1) is 24.9. The summed E-state index contributed by atoms with van der Waals surface area (Å²) in [4.78, 5) is 18.1. The van der Waals surface area contributed by atoms with Crippen molar-refractivity contribution in [2.24, 2.45) is 0 Å². The molecule has 0 aliphatic rings. The lowest BCUT2D eigenvalue weighted by atomic mass is 9.81. The van der Waals surface area contributed by atoms with Crippen LogP contribution in [-0.4, -0.2) is 40.5 Å². The molecule has 0 radical (unpaired) electrons. The van der Waals surface area contributed by atoms with Gasteiger partial charge in [-0.25, -0.2) is 0 Å². The quantitative estimate of drug-likeness (QED) is 0.332. The number of halogens is 1. The Morgan fingerprint density at radius 2 is 1.28 bits per heavy atom. The van der Waals surface area contributed by atoms with Crippen molar-refractivity contribution in [1.82, 2.24) is 9.97 Å². The van der Waals surface area contributed by atoms with Gasteiger partial charge in [0.1, 0.15) is 12.0 Å². The zero-order chi connectivity index (χ0) is 23.2. The number of carbonyl (C=O) groups is 1. The van der Waals surface area contributed by atoms with Crippen molar-refractivity contribution < 1.29 is 19.6 Å². The fraction of sp³-hybridized carbons (Fsp3) is 0.0417. The minimum atomic E-state index is -1.38. The van der Waals surface area contributed by atoms with Gasteiger partial charge >= 0.3 is 7.12 Å². The van der Waals surface area contributed by atoms with Crippen LogP contribution in [0.2, 0.25) is 0 Å². The zero-order valence-corrected chi connectivity index (χ0v) is 19.0. The number of ether oxygens (including phenoxy) is 1. The molecule has 0 amide bonds. The monoisotopic (exact) mass is 492 g/mol. The zero-order valence-electron chi connectivity index (χ0n) is 17.4. The van der Waals surface area contributed by atoms with E-state index < -0.39 is 7.12 Å². The highest BCUT2D eigenvalue weighted by atomic mass is 79.9. The summed E-state index contributed by atoms with van der Waals surface area (Å²) in [5, 5.41) is 17.1. The molecule has 4 rings (SSSR count). The van der Waals surface area contributed by atoms with Gasteiger partial charge in [-0.1, -0.05) is 40.2 Å². The lowest BCUT2D eigenvalue weighted by molar-refractivity contribution is 0.112. The lowest BCUT2D eigenvalue weighted by Crippen LogP contribution is -2.29. The number of pyridine rings is 2. The number of nitrogens with zero attached hydrogens (tertiary/aromatic N) is 2. The van der Waals surface area contributed by atoms with Crippen molar-refractivity contribution in [2.75, 3.05) is 7.11 Å². The minimum Gasteiger partial charge on any atom is -0.497 e. The number of aldehydes is 1. The molecule has 2 N–H and O–H groups in total. The van der Waals surface area contributed by atoms with Gasteiger partial charge < -0.3 is 14.8 Å². The van der Waals surface area contributed by atoms with E-state index in [-0.39, 0.29) is 0 Å². The van der Waals surface area contributed by atoms with E-state index in [4.69, 9.17) is 14.8 Å². The predicted octanol–water partition coefficient (Wildman–Crippen LogP) is 3.78. The van der Waals surface area contributed by atoms with Crippen LogP contribution < -0.4 is 10.2 Å². The third-order valence-electron chi connectivity index (χ3n) is 4.11. The van der Waals surface area contributed by atoms with E-state index in [0.717, 1.165) is 27.6 Å². The van der Waals surface area contributed by atoms with Gasteiger partial charge in [-0.2, -0.15) is 0 Å². The number of methoxy groups -OCH3 is 1. The first-order valence-electron chi connectivity index (χ1n) is 9.54. The Morgan fingerprint density at radius 1 is 0.781 bits per heavy atom. The Bertz CT molecular complexity index is 1050. The van der Waals surface area contributed by atoms with Crippen molar-refractivity contribution in [3.05, 3.63) is 108 Å². The largest absolute Gasteiger partial charge is 0.497 e. The molecule has 0 saturated heterocycles. The second-order valence-corrected chi connectivity index (χ2v) is 7.20. The Balaban J connectivity index is 0.000000178. The molecule has 2 aromatic heterocycles. The predicted molar refractivity (Wildman–Crippen MR) is 130 cm³/mol. The highest BCUT2D eigenvalue weighted by molar-refractivity contribution is 9.10. The molecule has 8 heteroatoms. The fourth-order valence-electron chi connectivity index (χ4n) is 2.40. The lowest BCUT2D eigenvalue weighted by Gasteiger charge is -2.00. The van der Waals surface area contributed by atoms with Gasteiger partial charge in [0.2, 0.25) is 0 Å². The van der Waals surface area contributed by atoms with Crippen LogP contribution in [0.1, 0.15) is 10.4 Å². The van der Waals surface area contributed by atoms with Crippen LogP contribution in [0.25, 0.3) is 11.1 Å². The van der Waals surface area contributed by atoms with Gasteiger partial charge in [0, 0.05) is 34.8 Å². The highest BCUT2D eigenvalue weighted by Gasteiger charge is 2.07. The van der Waals surface area contributed by atoms with Crippen LogP contribution in [0.5, 0.6) is 5.75 Å². The average molecular weight is 493 g/mol. The summed E-state index contributed by atoms with van der Waals surface area (Å²) in [5.41, 5.74) is 3.36. The van der Waals surface area contributed by atoms with Crippen molar-refractivity contribution >= 4 is 34.8 Å². The molecule has 6 nitrogen and oxygen atoms in total. The Morgan fingerprint density at radius 3 is 1.72 bits per heavy atom. The van der Waals surface area contributed by atoms with Crippen LogP contribution in [0.3, 0.4) is 0 Å². The number of carbonyl (C=O) groups excluding carboxylic acids is 1. The van der Waals surface area contributed by atoms with Crippen LogP contribution in [0.15, 0.2) is 102 Å².